The van der Waals surface area contributed by atoms with Crippen LogP contribution in [0.5, 0.6) is 11.5 Å². The number of anilines is 2. The molecule has 3 aliphatic rings. The number of fused-ring (bicyclic) bond motifs is 4. The summed E-state index contributed by atoms with van der Waals surface area (Å²) in [6.45, 7) is 0.990. The maximum absolute atomic E-state index is 6.44. The molecule has 2 aromatic heterocycles. The van der Waals surface area contributed by atoms with Gasteiger partial charge in [-0.1, -0.05) is 18.2 Å². The minimum atomic E-state index is 0.452. The summed E-state index contributed by atoms with van der Waals surface area (Å²) in [5.74, 6) is 1.87. The van der Waals surface area contributed by atoms with Crippen molar-refractivity contribution in [2.45, 2.75) is 50.4 Å². The molecule has 2 saturated heterocycles. The van der Waals surface area contributed by atoms with E-state index in [0.717, 1.165) is 42.0 Å². The number of piperidine rings is 1. The van der Waals surface area contributed by atoms with Gasteiger partial charge in [0.2, 0.25) is 0 Å². The molecule has 0 radical (unpaired) electrons. The summed E-state index contributed by atoms with van der Waals surface area (Å²) in [5, 5.41) is 0. The van der Waals surface area contributed by atoms with Gasteiger partial charge in [0.25, 0.3) is 0 Å². The predicted molar refractivity (Wildman–Crippen MR) is 132 cm³/mol. The standard InChI is InChI=1S/C29H27N3O2/c1-2-4-28-26(3-1)32(27-8-5-22(15-29(27)34-28)21-9-12-30-13-10-21)25-16-23-6-7-24(17-25)31(23)18-20-11-14-33-19-20/h1-5,8-15,19,23-25H,6-7,16-18H2/t23-,24+,25+. The van der Waals surface area contributed by atoms with Crippen molar-refractivity contribution in [3.05, 3.63) is 91.1 Å². The zero-order chi connectivity index (χ0) is 22.5. The molecule has 5 heterocycles. The van der Waals surface area contributed by atoms with E-state index < -0.39 is 0 Å². The van der Waals surface area contributed by atoms with Gasteiger partial charge in [-0.3, -0.25) is 9.88 Å². The van der Waals surface area contributed by atoms with Crippen LogP contribution in [0.1, 0.15) is 31.2 Å². The van der Waals surface area contributed by atoms with Crippen LogP contribution < -0.4 is 9.64 Å². The molecular formula is C29H27N3O2. The Morgan fingerprint density at radius 2 is 1.59 bits per heavy atom. The number of nitrogens with zero attached hydrogens (tertiary/aromatic N) is 3. The normalized spacial score (nSPS) is 23.3. The lowest BCUT2D eigenvalue weighted by Gasteiger charge is -2.46. The lowest BCUT2D eigenvalue weighted by Crippen LogP contribution is -2.49. The molecule has 2 bridgehead atoms. The van der Waals surface area contributed by atoms with Crippen LogP contribution in [0, 0.1) is 0 Å². The summed E-state index contributed by atoms with van der Waals surface area (Å²) < 4.78 is 11.8. The number of hydrogen-bond donors (Lipinski definition) is 0. The first-order chi connectivity index (χ1) is 16.8. The van der Waals surface area contributed by atoms with Crippen LogP contribution in [0.2, 0.25) is 0 Å². The first-order valence-electron chi connectivity index (χ1n) is 12.2. The summed E-state index contributed by atoms with van der Waals surface area (Å²) in [4.78, 5) is 9.43. The van der Waals surface area contributed by atoms with Gasteiger partial charge in [0.1, 0.15) is 0 Å². The van der Waals surface area contributed by atoms with Gasteiger partial charge in [-0.2, -0.15) is 0 Å². The molecule has 34 heavy (non-hydrogen) atoms. The number of hydrogen-bond acceptors (Lipinski definition) is 5. The van der Waals surface area contributed by atoms with E-state index in [1.54, 1.807) is 6.26 Å². The zero-order valence-electron chi connectivity index (χ0n) is 19.0. The fraction of sp³-hybridized carbons (Fsp3) is 0.276. The van der Waals surface area contributed by atoms with Gasteiger partial charge < -0.3 is 14.1 Å². The third-order valence-electron chi connectivity index (χ3n) is 7.75. The number of furan rings is 1. The Labute approximate surface area is 199 Å². The van der Waals surface area contributed by atoms with Gasteiger partial charge in [-0.05, 0) is 79.3 Å². The molecule has 4 aromatic rings. The topological polar surface area (TPSA) is 41.7 Å². The van der Waals surface area contributed by atoms with Crippen molar-refractivity contribution in [3.63, 3.8) is 0 Å². The molecule has 0 N–H and O–H groups in total. The Morgan fingerprint density at radius 1 is 0.794 bits per heavy atom. The van der Waals surface area contributed by atoms with Crippen LogP contribution in [-0.4, -0.2) is 28.0 Å². The van der Waals surface area contributed by atoms with E-state index in [4.69, 9.17) is 9.15 Å². The molecule has 0 amide bonds. The highest BCUT2D eigenvalue weighted by Gasteiger charge is 2.44. The minimum Gasteiger partial charge on any atom is -0.472 e. The molecule has 5 heteroatoms. The maximum atomic E-state index is 6.44. The molecule has 3 aliphatic heterocycles. The van der Waals surface area contributed by atoms with E-state index in [2.05, 4.69) is 63.3 Å². The second kappa shape index (κ2) is 8.03. The van der Waals surface area contributed by atoms with Crippen molar-refractivity contribution >= 4 is 11.4 Å². The van der Waals surface area contributed by atoms with Crippen LogP contribution in [0.4, 0.5) is 11.4 Å². The largest absolute Gasteiger partial charge is 0.472 e. The predicted octanol–water partition coefficient (Wildman–Crippen LogP) is 6.78. The summed E-state index contributed by atoms with van der Waals surface area (Å²) in [5.41, 5.74) is 5.93. The van der Waals surface area contributed by atoms with Crippen LogP contribution in [0.3, 0.4) is 0 Å². The van der Waals surface area contributed by atoms with Crippen LogP contribution in [-0.2, 0) is 6.54 Å². The van der Waals surface area contributed by atoms with Gasteiger partial charge in [0.05, 0.1) is 23.9 Å². The second-order valence-corrected chi connectivity index (χ2v) is 9.67. The maximum Gasteiger partial charge on any atom is 0.151 e. The van der Waals surface area contributed by atoms with Gasteiger partial charge in [0, 0.05) is 42.6 Å². The van der Waals surface area contributed by atoms with E-state index in [-0.39, 0.29) is 0 Å². The smallest absolute Gasteiger partial charge is 0.151 e. The minimum absolute atomic E-state index is 0.452. The van der Waals surface area contributed by atoms with Gasteiger partial charge in [-0.15, -0.1) is 0 Å². The van der Waals surface area contributed by atoms with Crippen molar-refractivity contribution in [1.29, 1.82) is 0 Å². The van der Waals surface area contributed by atoms with Crippen molar-refractivity contribution < 1.29 is 9.15 Å². The summed E-state index contributed by atoms with van der Waals surface area (Å²) in [7, 11) is 0. The Kier molecular flexibility index (Phi) is 4.69. The molecule has 3 atom stereocenters. The first-order valence-corrected chi connectivity index (χ1v) is 12.2. The summed E-state index contributed by atoms with van der Waals surface area (Å²) >= 11 is 0. The fourth-order valence-electron chi connectivity index (χ4n) is 6.21. The van der Waals surface area contributed by atoms with Crippen LogP contribution >= 0.6 is 0 Å². The highest BCUT2D eigenvalue weighted by molar-refractivity contribution is 5.81. The van der Waals surface area contributed by atoms with Crippen LogP contribution in [0.15, 0.2) is 90.0 Å². The van der Waals surface area contributed by atoms with E-state index >= 15 is 0 Å². The molecule has 170 valence electrons. The van der Waals surface area contributed by atoms with E-state index in [1.807, 2.05) is 30.8 Å². The first kappa shape index (κ1) is 19.9. The average Bonchev–Trinajstić information content (AvgIpc) is 3.47. The number of ether oxygens (including phenoxy) is 1. The molecule has 0 aliphatic carbocycles. The van der Waals surface area contributed by atoms with E-state index in [9.17, 15) is 0 Å². The molecular weight excluding hydrogens is 422 g/mol. The molecule has 7 rings (SSSR count). The number of aromatic nitrogens is 1. The van der Waals surface area contributed by atoms with E-state index in [1.165, 1.54) is 29.8 Å². The lowest BCUT2D eigenvalue weighted by molar-refractivity contribution is 0.119. The monoisotopic (exact) mass is 449 g/mol. The second-order valence-electron chi connectivity index (χ2n) is 9.67. The van der Waals surface area contributed by atoms with Crippen molar-refractivity contribution in [2.24, 2.45) is 0 Å². The number of pyridine rings is 1. The number of benzene rings is 2. The Morgan fingerprint density at radius 3 is 2.38 bits per heavy atom. The highest BCUT2D eigenvalue weighted by atomic mass is 16.5. The molecule has 0 saturated carbocycles. The third-order valence-corrected chi connectivity index (χ3v) is 7.75. The molecule has 2 fully saturated rings. The Bertz CT molecular complexity index is 1290. The quantitative estimate of drug-likeness (QED) is 0.343. The Balaban J connectivity index is 1.23. The SMILES string of the molecule is c1ccc2c(c1)Oc1cc(-c3ccncc3)ccc1N2[C@H]1C[C@H]2CC[C@@H](C1)N2Cc1ccoc1. The molecule has 0 spiro atoms. The van der Waals surface area contributed by atoms with Gasteiger partial charge >= 0.3 is 0 Å². The number of para-hydroxylation sites is 2. The highest BCUT2D eigenvalue weighted by Crippen LogP contribution is 2.51. The number of rotatable bonds is 4. The van der Waals surface area contributed by atoms with Gasteiger partial charge in [0.15, 0.2) is 11.5 Å². The van der Waals surface area contributed by atoms with Crippen LogP contribution in [0.25, 0.3) is 11.1 Å². The zero-order valence-corrected chi connectivity index (χ0v) is 19.0. The average molecular weight is 450 g/mol. The molecule has 0 unspecified atom stereocenters. The van der Waals surface area contributed by atoms with Crippen molar-refractivity contribution in [1.82, 2.24) is 9.88 Å². The van der Waals surface area contributed by atoms with Crippen molar-refractivity contribution in [2.75, 3.05) is 4.90 Å². The third kappa shape index (κ3) is 3.31. The van der Waals surface area contributed by atoms with E-state index in [0.29, 0.717) is 18.1 Å². The molecule has 2 aromatic carbocycles. The molecule has 5 nitrogen and oxygen atoms in total. The Hall–Kier alpha value is -3.57. The van der Waals surface area contributed by atoms with Gasteiger partial charge in [-0.25, -0.2) is 0 Å². The van der Waals surface area contributed by atoms with Crippen molar-refractivity contribution in [3.8, 4) is 22.6 Å². The lowest BCUT2D eigenvalue weighted by atomic mass is 9.93. The summed E-state index contributed by atoms with van der Waals surface area (Å²) in [6, 6.07) is 22.9. The fourth-order valence-corrected chi connectivity index (χ4v) is 6.21. The summed E-state index contributed by atoms with van der Waals surface area (Å²) in [6.07, 6.45) is 12.2.